The summed E-state index contributed by atoms with van der Waals surface area (Å²) in [5.74, 6) is -2.86. The minimum absolute atomic E-state index is 0.0514. The van der Waals surface area contributed by atoms with Crippen LogP contribution in [0.4, 0.5) is 8.78 Å². The normalized spacial score (nSPS) is 12.1. The predicted molar refractivity (Wildman–Crippen MR) is 76.7 cm³/mol. The summed E-state index contributed by atoms with van der Waals surface area (Å²) < 4.78 is 29.8. The van der Waals surface area contributed by atoms with Crippen molar-refractivity contribution in [2.75, 3.05) is 0 Å². The Morgan fingerprint density at radius 2 is 1.85 bits per heavy atom. The highest BCUT2D eigenvalue weighted by atomic mass is 19.3. The summed E-state index contributed by atoms with van der Waals surface area (Å²) >= 11 is 0. The van der Waals surface area contributed by atoms with Crippen molar-refractivity contribution < 1.29 is 8.78 Å². The van der Waals surface area contributed by atoms with E-state index in [-0.39, 0.29) is 12.1 Å². The van der Waals surface area contributed by atoms with Crippen LogP contribution in [-0.4, -0.2) is 10.6 Å². The SMILES string of the molecule is CC(C)NCc1ccn(CC(F)(F)c2ccccc2)c1. The van der Waals surface area contributed by atoms with E-state index in [0.717, 1.165) is 5.56 Å². The van der Waals surface area contributed by atoms with Gasteiger partial charge in [-0.25, -0.2) is 0 Å². The molecule has 0 bridgehead atoms. The average Bonchev–Trinajstić information content (AvgIpc) is 2.84. The summed E-state index contributed by atoms with van der Waals surface area (Å²) in [7, 11) is 0. The van der Waals surface area contributed by atoms with Gasteiger partial charge in [0.25, 0.3) is 5.92 Å². The van der Waals surface area contributed by atoms with E-state index < -0.39 is 5.92 Å². The number of aromatic nitrogens is 1. The maximum Gasteiger partial charge on any atom is 0.290 e. The smallest absolute Gasteiger partial charge is 0.290 e. The maximum absolute atomic E-state index is 14.1. The minimum atomic E-state index is -2.86. The molecule has 0 aliphatic heterocycles. The summed E-state index contributed by atoms with van der Waals surface area (Å²) in [6, 6.07) is 10.2. The van der Waals surface area contributed by atoms with Gasteiger partial charge in [0.2, 0.25) is 0 Å². The van der Waals surface area contributed by atoms with Crippen molar-refractivity contribution in [2.45, 2.75) is 38.9 Å². The van der Waals surface area contributed by atoms with Crippen molar-refractivity contribution in [1.29, 1.82) is 0 Å². The number of hydrogen-bond acceptors (Lipinski definition) is 1. The molecular formula is C16H20F2N2. The second-order valence-electron chi connectivity index (χ2n) is 5.30. The van der Waals surface area contributed by atoms with Crippen LogP contribution in [0.5, 0.6) is 0 Å². The Morgan fingerprint density at radius 3 is 2.50 bits per heavy atom. The van der Waals surface area contributed by atoms with Crippen molar-refractivity contribution in [3.05, 3.63) is 59.9 Å². The van der Waals surface area contributed by atoms with Gasteiger partial charge in [0.05, 0.1) is 6.54 Å². The third-order valence-electron chi connectivity index (χ3n) is 3.10. The van der Waals surface area contributed by atoms with Gasteiger partial charge in [0.15, 0.2) is 0 Å². The van der Waals surface area contributed by atoms with Crippen molar-refractivity contribution in [3.63, 3.8) is 0 Å². The molecule has 2 nitrogen and oxygen atoms in total. The van der Waals surface area contributed by atoms with Crippen molar-refractivity contribution >= 4 is 0 Å². The molecule has 0 aliphatic rings. The van der Waals surface area contributed by atoms with E-state index in [1.165, 1.54) is 12.1 Å². The second-order valence-corrected chi connectivity index (χ2v) is 5.30. The van der Waals surface area contributed by atoms with Gasteiger partial charge in [-0.05, 0) is 11.6 Å². The standard InChI is InChI=1S/C16H20F2N2/c1-13(2)19-10-14-8-9-20(11-14)12-16(17,18)15-6-4-3-5-7-15/h3-9,11,13,19H,10,12H2,1-2H3. The topological polar surface area (TPSA) is 17.0 Å². The Labute approximate surface area is 118 Å². The molecule has 2 aromatic rings. The van der Waals surface area contributed by atoms with Crippen LogP contribution < -0.4 is 5.32 Å². The van der Waals surface area contributed by atoms with Crippen LogP contribution >= 0.6 is 0 Å². The molecule has 0 amide bonds. The van der Waals surface area contributed by atoms with Gasteiger partial charge in [0.1, 0.15) is 0 Å². The molecule has 0 saturated heterocycles. The molecule has 0 atom stereocenters. The fraction of sp³-hybridized carbons (Fsp3) is 0.375. The first-order valence-electron chi connectivity index (χ1n) is 6.79. The highest BCUT2D eigenvalue weighted by molar-refractivity contribution is 5.20. The van der Waals surface area contributed by atoms with E-state index >= 15 is 0 Å². The fourth-order valence-corrected chi connectivity index (χ4v) is 2.02. The van der Waals surface area contributed by atoms with Crippen LogP contribution in [0.25, 0.3) is 0 Å². The predicted octanol–water partition coefficient (Wildman–Crippen LogP) is 3.78. The van der Waals surface area contributed by atoms with E-state index in [2.05, 4.69) is 19.2 Å². The highest BCUT2D eigenvalue weighted by Crippen LogP contribution is 2.29. The lowest BCUT2D eigenvalue weighted by molar-refractivity contribution is -0.0221. The summed E-state index contributed by atoms with van der Waals surface area (Å²) in [6.45, 7) is 4.47. The molecule has 0 spiro atoms. The van der Waals surface area contributed by atoms with Crippen LogP contribution in [0.3, 0.4) is 0 Å². The van der Waals surface area contributed by atoms with Crippen LogP contribution in [0, 0.1) is 0 Å². The molecule has 0 saturated carbocycles. The van der Waals surface area contributed by atoms with Gasteiger partial charge < -0.3 is 9.88 Å². The largest absolute Gasteiger partial charge is 0.348 e. The maximum atomic E-state index is 14.1. The molecule has 0 radical (unpaired) electrons. The number of hydrogen-bond donors (Lipinski definition) is 1. The average molecular weight is 278 g/mol. The number of nitrogens with one attached hydrogen (secondary N) is 1. The van der Waals surface area contributed by atoms with Crippen LogP contribution in [0.15, 0.2) is 48.8 Å². The van der Waals surface area contributed by atoms with E-state index in [0.29, 0.717) is 12.6 Å². The third kappa shape index (κ3) is 3.90. The third-order valence-corrected chi connectivity index (χ3v) is 3.10. The van der Waals surface area contributed by atoms with E-state index in [1.54, 1.807) is 35.2 Å². The van der Waals surface area contributed by atoms with Gasteiger partial charge in [-0.15, -0.1) is 0 Å². The molecular weight excluding hydrogens is 258 g/mol. The molecule has 1 N–H and O–H groups in total. The lowest BCUT2D eigenvalue weighted by Gasteiger charge is -2.17. The van der Waals surface area contributed by atoms with Gasteiger partial charge in [-0.1, -0.05) is 44.2 Å². The van der Waals surface area contributed by atoms with Gasteiger partial charge >= 0.3 is 0 Å². The molecule has 20 heavy (non-hydrogen) atoms. The number of benzene rings is 1. The molecule has 108 valence electrons. The first-order valence-corrected chi connectivity index (χ1v) is 6.79. The molecule has 0 aliphatic carbocycles. The molecule has 1 aromatic heterocycles. The van der Waals surface area contributed by atoms with E-state index in [1.807, 2.05) is 6.07 Å². The monoisotopic (exact) mass is 278 g/mol. The lowest BCUT2D eigenvalue weighted by atomic mass is 10.1. The number of nitrogens with zero attached hydrogens (tertiary/aromatic N) is 1. The Hall–Kier alpha value is -1.68. The summed E-state index contributed by atoms with van der Waals surface area (Å²) in [6.07, 6.45) is 3.47. The quantitative estimate of drug-likeness (QED) is 0.851. The van der Waals surface area contributed by atoms with Crippen molar-refractivity contribution in [1.82, 2.24) is 9.88 Å². The minimum Gasteiger partial charge on any atom is -0.348 e. The molecule has 0 unspecified atom stereocenters. The van der Waals surface area contributed by atoms with Gasteiger partial charge in [0, 0.05) is 30.5 Å². The Kier molecular flexibility index (Phi) is 4.55. The first-order chi connectivity index (χ1) is 9.47. The summed E-state index contributed by atoms with van der Waals surface area (Å²) in [5, 5.41) is 3.27. The number of halogens is 2. The molecule has 2 rings (SSSR count). The lowest BCUT2D eigenvalue weighted by Crippen LogP contribution is -2.22. The van der Waals surface area contributed by atoms with Crippen LogP contribution in [0.2, 0.25) is 0 Å². The van der Waals surface area contributed by atoms with Crippen LogP contribution in [-0.2, 0) is 19.0 Å². The Morgan fingerprint density at radius 1 is 1.15 bits per heavy atom. The summed E-state index contributed by atoms with van der Waals surface area (Å²) in [5.41, 5.74) is 1.07. The molecule has 1 heterocycles. The van der Waals surface area contributed by atoms with Gasteiger partial charge in [-0.3, -0.25) is 0 Å². The molecule has 4 heteroatoms. The molecule has 1 aromatic carbocycles. The Bertz CT molecular complexity index is 532. The highest BCUT2D eigenvalue weighted by Gasteiger charge is 2.31. The van der Waals surface area contributed by atoms with Gasteiger partial charge in [-0.2, -0.15) is 8.78 Å². The van der Waals surface area contributed by atoms with Crippen molar-refractivity contribution in [2.24, 2.45) is 0 Å². The summed E-state index contributed by atoms with van der Waals surface area (Å²) in [4.78, 5) is 0. The fourth-order valence-electron chi connectivity index (χ4n) is 2.02. The number of rotatable bonds is 6. The second kappa shape index (κ2) is 6.18. The zero-order chi connectivity index (χ0) is 14.6. The Balaban J connectivity index is 2.03. The zero-order valence-corrected chi connectivity index (χ0v) is 11.8. The van der Waals surface area contributed by atoms with E-state index in [9.17, 15) is 8.78 Å². The first kappa shape index (κ1) is 14.7. The number of alkyl halides is 2. The van der Waals surface area contributed by atoms with E-state index in [4.69, 9.17) is 0 Å². The van der Waals surface area contributed by atoms with Crippen LogP contribution in [0.1, 0.15) is 25.0 Å². The van der Waals surface area contributed by atoms with Crippen molar-refractivity contribution in [3.8, 4) is 0 Å². The zero-order valence-electron chi connectivity index (χ0n) is 11.8. The molecule has 0 fully saturated rings.